The Morgan fingerprint density at radius 2 is 2.33 bits per heavy atom. The van der Waals surface area contributed by atoms with Gasteiger partial charge in [-0.1, -0.05) is 0 Å². The van der Waals surface area contributed by atoms with Crippen LogP contribution in [-0.2, 0) is 5.75 Å². The van der Waals surface area contributed by atoms with E-state index in [1.54, 1.807) is 30.5 Å². The molecule has 0 aromatic carbocycles. The van der Waals surface area contributed by atoms with E-state index in [0.717, 1.165) is 9.90 Å². The lowest BCUT2D eigenvalue weighted by Crippen LogP contribution is -1.89. The van der Waals surface area contributed by atoms with Gasteiger partial charge in [-0.05, 0) is 24.3 Å². The highest BCUT2D eigenvalue weighted by Gasteiger charge is 2.07. The average Bonchev–Trinajstić information content (AvgIpc) is 2.85. The standard InChI is InChI=1S/C12H8N2O2S2/c13-6-8-3-4-14-11(5-8)17-7-9-1-2-10(18-9)12(15)16/h1-5H,7H2,(H,15,16). The molecular weight excluding hydrogens is 268 g/mol. The third-order valence-electron chi connectivity index (χ3n) is 2.10. The first-order chi connectivity index (χ1) is 8.69. The van der Waals surface area contributed by atoms with Gasteiger partial charge in [-0.25, -0.2) is 9.78 Å². The second kappa shape index (κ2) is 5.67. The number of aromatic carboxylic acids is 1. The zero-order valence-corrected chi connectivity index (χ0v) is 10.8. The van der Waals surface area contributed by atoms with E-state index in [1.807, 2.05) is 0 Å². The summed E-state index contributed by atoms with van der Waals surface area (Å²) in [5.74, 6) is -0.249. The van der Waals surface area contributed by atoms with Crippen molar-refractivity contribution in [3.63, 3.8) is 0 Å². The van der Waals surface area contributed by atoms with Gasteiger partial charge in [0.2, 0.25) is 0 Å². The van der Waals surface area contributed by atoms with E-state index in [9.17, 15) is 4.79 Å². The predicted octanol–water partition coefficient (Wildman–Crippen LogP) is 3.01. The molecule has 0 radical (unpaired) electrons. The molecule has 0 saturated heterocycles. The van der Waals surface area contributed by atoms with Crippen molar-refractivity contribution in [1.82, 2.24) is 4.98 Å². The summed E-state index contributed by atoms with van der Waals surface area (Å²) in [5.41, 5.74) is 0.574. The van der Waals surface area contributed by atoms with Crippen molar-refractivity contribution in [3.05, 3.63) is 45.8 Å². The Morgan fingerprint density at radius 1 is 1.50 bits per heavy atom. The lowest BCUT2D eigenvalue weighted by Gasteiger charge is -1.98. The molecule has 4 nitrogen and oxygen atoms in total. The third kappa shape index (κ3) is 3.09. The highest BCUT2D eigenvalue weighted by molar-refractivity contribution is 7.98. The van der Waals surface area contributed by atoms with Crippen LogP contribution < -0.4 is 0 Å². The number of pyridine rings is 1. The van der Waals surface area contributed by atoms with E-state index < -0.39 is 5.97 Å². The van der Waals surface area contributed by atoms with E-state index in [2.05, 4.69) is 11.1 Å². The molecule has 6 heteroatoms. The lowest BCUT2D eigenvalue weighted by molar-refractivity contribution is 0.0702. The molecule has 2 aromatic rings. The van der Waals surface area contributed by atoms with E-state index in [0.29, 0.717) is 16.2 Å². The molecular formula is C12H8N2O2S2. The van der Waals surface area contributed by atoms with E-state index in [4.69, 9.17) is 10.4 Å². The Kier molecular flexibility index (Phi) is 3.97. The van der Waals surface area contributed by atoms with Crippen molar-refractivity contribution in [2.45, 2.75) is 10.8 Å². The van der Waals surface area contributed by atoms with Crippen molar-refractivity contribution < 1.29 is 9.90 Å². The van der Waals surface area contributed by atoms with E-state index in [-0.39, 0.29) is 0 Å². The largest absolute Gasteiger partial charge is 0.477 e. The third-order valence-corrected chi connectivity index (χ3v) is 4.33. The predicted molar refractivity (Wildman–Crippen MR) is 69.8 cm³/mol. The van der Waals surface area contributed by atoms with Crippen LogP contribution in [-0.4, -0.2) is 16.1 Å². The van der Waals surface area contributed by atoms with Crippen LogP contribution in [0.4, 0.5) is 0 Å². The van der Waals surface area contributed by atoms with Crippen LogP contribution in [0, 0.1) is 11.3 Å². The van der Waals surface area contributed by atoms with Crippen molar-refractivity contribution in [2.24, 2.45) is 0 Å². The maximum absolute atomic E-state index is 10.7. The minimum atomic E-state index is -0.902. The van der Waals surface area contributed by atoms with Gasteiger partial charge < -0.3 is 5.11 Å². The molecule has 0 aliphatic rings. The summed E-state index contributed by atoms with van der Waals surface area (Å²) in [6, 6.07) is 8.83. The minimum absolute atomic E-state index is 0.337. The summed E-state index contributed by atoms with van der Waals surface area (Å²) in [4.78, 5) is 16.2. The molecule has 2 heterocycles. The molecule has 0 fully saturated rings. The van der Waals surface area contributed by atoms with Crippen LogP contribution in [0.5, 0.6) is 0 Å². The smallest absolute Gasteiger partial charge is 0.345 e. The fraction of sp³-hybridized carbons (Fsp3) is 0.0833. The second-order valence-electron chi connectivity index (χ2n) is 3.35. The molecule has 0 saturated carbocycles. The number of carbonyl (C=O) groups is 1. The Morgan fingerprint density at radius 3 is 3.00 bits per heavy atom. The first-order valence-corrected chi connectivity index (χ1v) is 6.80. The van der Waals surface area contributed by atoms with Gasteiger partial charge in [-0.2, -0.15) is 5.26 Å². The number of nitriles is 1. The van der Waals surface area contributed by atoms with Crippen LogP contribution in [0.1, 0.15) is 20.1 Å². The van der Waals surface area contributed by atoms with Crippen LogP contribution in [0.15, 0.2) is 35.5 Å². The lowest BCUT2D eigenvalue weighted by atomic mass is 10.3. The van der Waals surface area contributed by atoms with Gasteiger partial charge in [0.1, 0.15) is 4.88 Å². The Hall–Kier alpha value is -1.84. The van der Waals surface area contributed by atoms with Gasteiger partial charge in [0.05, 0.1) is 16.7 Å². The number of thioether (sulfide) groups is 1. The first kappa shape index (κ1) is 12.6. The number of carboxylic acid groups (broad SMARTS) is 1. The minimum Gasteiger partial charge on any atom is -0.477 e. The average molecular weight is 276 g/mol. The van der Waals surface area contributed by atoms with E-state index >= 15 is 0 Å². The molecule has 0 unspecified atom stereocenters. The second-order valence-corrected chi connectivity index (χ2v) is 5.52. The molecule has 1 N–H and O–H groups in total. The molecule has 0 atom stereocenters. The van der Waals surface area contributed by atoms with Gasteiger partial charge >= 0.3 is 5.97 Å². The summed E-state index contributed by atoms with van der Waals surface area (Å²) < 4.78 is 0. The van der Waals surface area contributed by atoms with Crippen LogP contribution in [0.25, 0.3) is 0 Å². The Labute approximate surface area is 112 Å². The molecule has 0 spiro atoms. The van der Waals surface area contributed by atoms with Crippen LogP contribution >= 0.6 is 23.1 Å². The van der Waals surface area contributed by atoms with Crippen molar-refractivity contribution in [3.8, 4) is 6.07 Å². The van der Waals surface area contributed by atoms with Gasteiger partial charge in [-0.3, -0.25) is 0 Å². The van der Waals surface area contributed by atoms with Gasteiger partial charge in [0.25, 0.3) is 0 Å². The normalized spacial score (nSPS) is 9.94. The quantitative estimate of drug-likeness (QED) is 0.869. The SMILES string of the molecule is N#Cc1ccnc(SCc2ccc(C(=O)O)s2)c1. The summed E-state index contributed by atoms with van der Waals surface area (Å²) in [7, 11) is 0. The molecule has 0 aliphatic heterocycles. The molecule has 2 rings (SSSR count). The number of hydrogen-bond donors (Lipinski definition) is 1. The number of carboxylic acids is 1. The van der Waals surface area contributed by atoms with Gasteiger partial charge in [0.15, 0.2) is 0 Å². The zero-order chi connectivity index (χ0) is 13.0. The van der Waals surface area contributed by atoms with Crippen molar-refractivity contribution >= 4 is 29.1 Å². The Bertz CT molecular complexity index is 617. The number of nitrogens with zero attached hydrogens (tertiary/aromatic N) is 2. The Balaban J connectivity index is 2.02. The summed E-state index contributed by atoms with van der Waals surface area (Å²) in [6.07, 6.45) is 1.60. The monoisotopic (exact) mass is 276 g/mol. The molecule has 90 valence electrons. The maximum atomic E-state index is 10.7. The highest BCUT2D eigenvalue weighted by Crippen LogP contribution is 2.26. The van der Waals surface area contributed by atoms with Gasteiger partial charge in [0, 0.05) is 16.8 Å². The van der Waals surface area contributed by atoms with Crippen molar-refractivity contribution in [1.29, 1.82) is 5.26 Å². The maximum Gasteiger partial charge on any atom is 0.345 e. The number of rotatable bonds is 4. The molecule has 0 amide bonds. The molecule has 0 aliphatic carbocycles. The fourth-order valence-electron chi connectivity index (χ4n) is 1.27. The van der Waals surface area contributed by atoms with Crippen molar-refractivity contribution in [2.75, 3.05) is 0 Å². The fourth-order valence-corrected chi connectivity index (χ4v) is 3.06. The topological polar surface area (TPSA) is 74.0 Å². The molecule has 0 bridgehead atoms. The number of hydrogen-bond acceptors (Lipinski definition) is 5. The number of aromatic nitrogens is 1. The first-order valence-electron chi connectivity index (χ1n) is 5.00. The van der Waals surface area contributed by atoms with Crippen LogP contribution in [0.2, 0.25) is 0 Å². The number of thiophene rings is 1. The summed E-state index contributed by atoms with van der Waals surface area (Å²) in [5, 5.41) is 18.3. The molecule has 18 heavy (non-hydrogen) atoms. The highest BCUT2D eigenvalue weighted by atomic mass is 32.2. The summed E-state index contributed by atoms with van der Waals surface area (Å²) >= 11 is 2.74. The molecule has 2 aromatic heterocycles. The van der Waals surface area contributed by atoms with Crippen LogP contribution in [0.3, 0.4) is 0 Å². The van der Waals surface area contributed by atoms with Gasteiger partial charge in [-0.15, -0.1) is 23.1 Å². The zero-order valence-electron chi connectivity index (χ0n) is 9.16. The summed E-state index contributed by atoms with van der Waals surface area (Å²) in [6.45, 7) is 0. The van der Waals surface area contributed by atoms with E-state index in [1.165, 1.54) is 23.1 Å².